The molecule has 6 heteroatoms. The first-order chi connectivity index (χ1) is 11.4. The molecule has 128 valence electrons. The van der Waals surface area contributed by atoms with E-state index in [1.165, 1.54) is 16.7 Å². The van der Waals surface area contributed by atoms with Crippen molar-refractivity contribution < 1.29 is 4.79 Å². The number of amides is 2. The number of nitrogens with zero attached hydrogens (tertiary/aromatic N) is 3. The van der Waals surface area contributed by atoms with Gasteiger partial charge >= 0.3 is 6.03 Å². The Balaban J connectivity index is 1.60. The largest absolute Gasteiger partial charge is 0.324 e. The van der Waals surface area contributed by atoms with Crippen LogP contribution in [0.2, 0.25) is 5.02 Å². The van der Waals surface area contributed by atoms with Crippen molar-refractivity contribution in [2.75, 3.05) is 18.4 Å². The van der Waals surface area contributed by atoms with Crippen LogP contribution in [0.25, 0.3) is 0 Å². The summed E-state index contributed by atoms with van der Waals surface area (Å²) in [5.74, 6) is 0.937. The number of rotatable bonds is 2. The SMILES string of the molecule is Cc1cc(C)cc(C2CCN(C(=O)Nc3nn(C)cc3Cl)CC2)c1. The van der Waals surface area contributed by atoms with E-state index in [1.807, 2.05) is 4.90 Å². The average molecular weight is 347 g/mol. The number of likely N-dealkylation sites (tertiary alicyclic amines) is 1. The summed E-state index contributed by atoms with van der Waals surface area (Å²) in [6.45, 7) is 5.76. The van der Waals surface area contributed by atoms with Gasteiger partial charge in [-0.15, -0.1) is 0 Å². The Labute approximate surface area is 147 Å². The van der Waals surface area contributed by atoms with E-state index < -0.39 is 0 Å². The predicted octanol–water partition coefficient (Wildman–Crippen LogP) is 4.10. The smallest absolute Gasteiger partial charge is 0.323 e. The Morgan fingerprint density at radius 3 is 2.38 bits per heavy atom. The molecule has 3 rings (SSSR count). The van der Waals surface area contributed by atoms with Crippen molar-refractivity contribution in [3.05, 3.63) is 46.1 Å². The molecule has 1 aliphatic rings. The quantitative estimate of drug-likeness (QED) is 0.889. The highest BCUT2D eigenvalue weighted by atomic mass is 35.5. The molecule has 0 atom stereocenters. The minimum Gasteiger partial charge on any atom is -0.324 e. The molecular weight excluding hydrogens is 324 g/mol. The average Bonchev–Trinajstić information content (AvgIpc) is 2.84. The molecule has 0 bridgehead atoms. The lowest BCUT2D eigenvalue weighted by molar-refractivity contribution is 0.194. The molecule has 24 heavy (non-hydrogen) atoms. The zero-order chi connectivity index (χ0) is 17.3. The maximum absolute atomic E-state index is 12.4. The van der Waals surface area contributed by atoms with Crippen LogP contribution in [0, 0.1) is 13.8 Å². The third kappa shape index (κ3) is 3.73. The molecule has 0 aliphatic carbocycles. The van der Waals surface area contributed by atoms with Crippen molar-refractivity contribution >= 4 is 23.4 Å². The number of aromatic nitrogens is 2. The first-order valence-electron chi connectivity index (χ1n) is 8.25. The van der Waals surface area contributed by atoms with Crippen molar-refractivity contribution in [2.45, 2.75) is 32.6 Å². The van der Waals surface area contributed by atoms with Crippen LogP contribution < -0.4 is 5.32 Å². The fraction of sp³-hybridized carbons (Fsp3) is 0.444. The van der Waals surface area contributed by atoms with E-state index in [2.05, 4.69) is 42.5 Å². The minimum atomic E-state index is -0.130. The van der Waals surface area contributed by atoms with Crippen LogP contribution in [-0.4, -0.2) is 33.8 Å². The number of benzene rings is 1. The molecular formula is C18H23ClN4O. The van der Waals surface area contributed by atoms with E-state index in [1.54, 1.807) is 17.9 Å². The molecule has 0 saturated carbocycles. The van der Waals surface area contributed by atoms with Gasteiger partial charge in [0, 0.05) is 26.3 Å². The lowest BCUT2D eigenvalue weighted by atomic mass is 9.88. The Kier molecular flexibility index (Phi) is 4.81. The number of urea groups is 1. The second-order valence-electron chi connectivity index (χ2n) is 6.61. The van der Waals surface area contributed by atoms with Gasteiger partial charge in [0.25, 0.3) is 0 Å². The minimum absolute atomic E-state index is 0.130. The van der Waals surface area contributed by atoms with Gasteiger partial charge < -0.3 is 4.90 Å². The Bertz CT molecular complexity index is 727. The molecule has 0 unspecified atom stereocenters. The normalized spacial score (nSPS) is 15.6. The first-order valence-corrected chi connectivity index (χ1v) is 8.63. The van der Waals surface area contributed by atoms with Crippen LogP contribution in [0.4, 0.5) is 10.6 Å². The molecule has 1 aromatic carbocycles. The summed E-state index contributed by atoms with van der Waals surface area (Å²) in [5, 5.41) is 7.40. The molecule has 5 nitrogen and oxygen atoms in total. The van der Waals surface area contributed by atoms with Crippen molar-refractivity contribution in [3.8, 4) is 0 Å². The van der Waals surface area contributed by atoms with Crippen molar-refractivity contribution in [1.29, 1.82) is 0 Å². The number of hydrogen-bond donors (Lipinski definition) is 1. The fourth-order valence-corrected chi connectivity index (χ4v) is 3.61. The highest BCUT2D eigenvalue weighted by Crippen LogP contribution is 2.30. The van der Waals surface area contributed by atoms with Gasteiger partial charge in [-0.1, -0.05) is 40.9 Å². The lowest BCUT2D eigenvalue weighted by Gasteiger charge is -2.32. The molecule has 0 spiro atoms. The van der Waals surface area contributed by atoms with Gasteiger partial charge in [-0.3, -0.25) is 10.00 Å². The van der Waals surface area contributed by atoms with E-state index in [9.17, 15) is 4.79 Å². The summed E-state index contributed by atoms with van der Waals surface area (Å²) in [7, 11) is 1.77. The topological polar surface area (TPSA) is 50.2 Å². The number of piperidine rings is 1. The maximum atomic E-state index is 12.4. The lowest BCUT2D eigenvalue weighted by Crippen LogP contribution is -2.40. The van der Waals surface area contributed by atoms with Crippen LogP contribution in [0.3, 0.4) is 0 Å². The van der Waals surface area contributed by atoms with Crippen LogP contribution >= 0.6 is 11.6 Å². The third-order valence-electron chi connectivity index (χ3n) is 4.51. The highest BCUT2D eigenvalue weighted by Gasteiger charge is 2.25. The predicted molar refractivity (Wildman–Crippen MR) is 96.7 cm³/mol. The molecule has 0 radical (unpaired) electrons. The molecule has 2 amide bonds. The van der Waals surface area contributed by atoms with Crippen LogP contribution in [0.1, 0.15) is 35.4 Å². The fourth-order valence-electron chi connectivity index (χ4n) is 3.39. The number of aryl methyl sites for hydroxylation is 3. The molecule has 1 N–H and O–H groups in total. The van der Waals surface area contributed by atoms with Crippen LogP contribution in [0.5, 0.6) is 0 Å². The summed E-state index contributed by atoms with van der Waals surface area (Å²) in [6, 6.07) is 6.60. The van der Waals surface area contributed by atoms with Gasteiger partial charge in [0.15, 0.2) is 5.82 Å². The summed E-state index contributed by atoms with van der Waals surface area (Å²) < 4.78 is 1.59. The zero-order valence-corrected chi connectivity index (χ0v) is 15.1. The highest BCUT2D eigenvalue weighted by molar-refractivity contribution is 6.33. The van der Waals surface area contributed by atoms with Crippen LogP contribution in [0.15, 0.2) is 24.4 Å². The van der Waals surface area contributed by atoms with E-state index >= 15 is 0 Å². The van der Waals surface area contributed by atoms with Gasteiger partial charge in [0.2, 0.25) is 0 Å². The summed E-state index contributed by atoms with van der Waals surface area (Å²) in [4.78, 5) is 14.2. The number of nitrogens with one attached hydrogen (secondary N) is 1. The maximum Gasteiger partial charge on any atom is 0.323 e. The Hall–Kier alpha value is -2.01. The van der Waals surface area contributed by atoms with Crippen molar-refractivity contribution in [1.82, 2.24) is 14.7 Å². The van der Waals surface area contributed by atoms with Gasteiger partial charge in [-0.05, 0) is 38.2 Å². The number of hydrogen-bond acceptors (Lipinski definition) is 2. The number of carbonyl (C=O) groups is 1. The molecule has 1 aliphatic heterocycles. The zero-order valence-electron chi connectivity index (χ0n) is 14.3. The molecule has 2 aromatic rings. The molecule has 2 heterocycles. The van der Waals surface area contributed by atoms with Crippen LogP contribution in [-0.2, 0) is 7.05 Å². The first kappa shape index (κ1) is 16.8. The molecule has 1 saturated heterocycles. The molecule has 1 fully saturated rings. The van der Waals surface area contributed by atoms with E-state index in [4.69, 9.17) is 11.6 Å². The van der Waals surface area contributed by atoms with Gasteiger partial charge in [-0.25, -0.2) is 4.79 Å². The van der Waals surface area contributed by atoms with E-state index in [0.29, 0.717) is 16.8 Å². The number of carbonyl (C=O) groups excluding carboxylic acids is 1. The third-order valence-corrected chi connectivity index (χ3v) is 4.78. The summed E-state index contributed by atoms with van der Waals surface area (Å²) >= 11 is 6.04. The second kappa shape index (κ2) is 6.85. The molecule has 1 aromatic heterocycles. The Morgan fingerprint density at radius 2 is 1.83 bits per heavy atom. The van der Waals surface area contributed by atoms with E-state index in [0.717, 1.165) is 25.9 Å². The van der Waals surface area contributed by atoms with E-state index in [-0.39, 0.29) is 6.03 Å². The number of anilines is 1. The van der Waals surface area contributed by atoms with Crippen molar-refractivity contribution in [2.24, 2.45) is 7.05 Å². The monoisotopic (exact) mass is 346 g/mol. The number of halogens is 1. The summed E-state index contributed by atoms with van der Waals surface area (Å²) in [6.07, 6.45) is 3.63. The Morgan fingerprint density at radius 1 is 1.21 bits per heavy atom. The standard InChI is InChI=1S/C18H23ClN4O/c1-12-8-13(2)10-15(9-12)14-4-6-23(7-5-14)18(24)20-17-16(19)11-22(3)21-17/h8-11,14H,4-7H2,1-3H3,(H,20,21,24). The van der Waals surface area contributed by atoms with Crippen molar-refractivity contribution in [3.63, 3.8) is 0 Å². The van der Waals surface area contributed by atoms with Gasteiger partial charge in [0.05, 0.1) is 0 Å². The van der Waals surface area contributed by atoms with Gasteiger partial charge in [0.1, 0.15) is 5.02 Å². The summed E-state index contributed by atoms with van der Waals surface area (Å²) in [5.41, 5.74) is 3.99. The second-order valence-corrected chi connectivity index (χ2v) is 7.02. The van der Waals surface area contributed by atoms with Gasteiger partial charge in [-0.2, -0.15) is 5.10 Å².